The lowest BCUT2D eigenvalue weighted by Gasteiger charge is -2.37. The predicted octanol–water partition coefficient (Wildman–Crippen LogP) is 3.51. The minimum absolute atomic E-state index is 0.00667. The van der Waals surface area contributed by atoms with Gasteiger partial charge in [-0.15, -0.1) is 0 Å². The monoisotopic (exact) mass is 420 g/mol. The number of aliphatic hydroxyl groups excluding tert-OH is 1. The van der Waals surface area contributed by atoms with Gasteiger partial charge in [0.1, 0.15) is 19.3 Å². The number of ketones is 1. The zero-order valence-corrected chi connectivity index (χ0v) is 18.7. The summed E-state index contributed by atoms with van der Waals surface area (Å²) in [6.45, 7) is 8.47. The van der Waals surface area contributed by atoms with E-state index in [-0.39, 0.29) is 50.2 Å². The lowest BCUT2D eigenvalue weighted by Crippen LogP contribution is -2.41. The van der Waals surface area contributed by atoms with Crippen molar-refractivity contribution in [3.05, 3.63) is 35.9 Å². The van der Waals surface area contributed by atoms with Crippen molar-refractivity contribution in [2.24, 2.45) is 10.8 Å². The van der Waals surface area contributed by atoms with Gasteiger partial charge in [-0.2, -0.15) is 0 Å². The highest BCUT2D eigenvalue weighted by atomic mass is 16.6. The molecule has 1 fully saturated rings. The van der Waals surface area contributed by atoms with E-state index >= 15 is 0 Å². The summed E-state index contributed by atoms with van der Waals surface area (Å²) in [7, 11) is 0. The molecule has 0 aromatic heterocycles. The fraction of sp³-hybridized carbons (Fsp3) is 0.667. The molecule has 168 valence electrons. The van der Waals surface area contributed by atoms with Crippen molar-refractivity contribution in [1.82, 2.24) is 0 Å². The molecule has 1 aliphatic rings. The van der Waals surface area contributed by atoms with Crippen LogP contribution in [-0.2, 0) is 23.8 Å². The van der Waals surface area contributed by atoms with Crippen molar-refractivity contribution in [1.29, 1.82) is 0 Å². The minimum Gasteiger partial charge on any atom is -0.462 e. The first kappa shape index (κ1) is 24.5. The maximum absolute atomic E-state index is 13.2. The van der Waals surface area contributed by atoms with Gasteiger partial charge in [0.2, 0.25) is 0 Å². The summed E-state index contributed by atoms with van der Waals surface area (Å²) in [6, 6.07) is 10.1. The Balaban J connectivity index is 2.18. The number of carbonyl (C=O) groups excluding carboxylic acids is 2. The van der Waals surface area contributed by atoms with Gasteiger partial charge in [0, 0.05) is 5.41 Å². The second-order valence-electron chi connectivity index (χ2n) is 9.09. The van der Waals surface area contributed by atoms with Gasteiger partial charge >= 0.3 is 5.97 Å². The first-order valence-electron chi connectivity index (χ1n) is 10.8. The van der Waals surface area contributed by atoms with Gasteiger partial charge in [-0.25, -0.2) is 0 Å². The van der Waals surface area contributed by atoms with Crippen LogP contribution < -0.4 is 0 Å². The Bertz CT molecular complexity index is 682. The van der Waals surface area contributed by atoms with Gasteiger partial charge < -0.3 is 19.3 Å². The highest BCUT2D eigenvalue weighted by Gasteiger charge is 2.44. The van der Waals surface area contributed by atoms with Crippen LogP contribution in [0.15, 0.2) is 30.3 Å². The molecule has 6 nitrogen and oxygen atoms in total. The fourth-order valence-corrected chi connectivity index (χ4v) is 4.03. The van der Waals surface area contributed by atoms with Gasteiger partial charge in [-0.05, 0) is 44.6 Å². The lowest BCUT2D eigenvalue weighted by atomic mass is 9.66. The highest BCUT2D eigenvalue weighted by molar-refractivity contribution is 5.87. The molecular formula is C24H36O6. The lowest BCUT2D eigenvalue weighted by molar-refractivity contribution is -0.157. The van der Waals surface area contributed by atoms with E-state index in [0.717, 1.165) is 6.42 Å². The average molecular weight is 421 g/mol. The van der Waals surface area contributed by atoms with Gasteiger partial charge in [0.15, 0.2) is 5.78 Å². The SMILES string of the molecule is CCC(CC(C)(CC(C)(C)C(=O)OCC1CO1)C(=O)COCCO)c1ccccc1. The molecule has 1 aromatic carbocycles. The number of carbonyl (C=O) groups is 2. The van der Waals surface area contributed by atoms with E-state index in [0.29, 0.717) is 19.4 Å². The summed E-state index contributed by atoms with van der Waals surface area (Å²) in [5.74, 6) is -0.192. The number of hydrogen-bond donors (Lipinski definition) is 1. The predicted molar refractivity (Wildman–Crippen MR) is 114 cm³/mol. The van der Waals surface area contributed by atoms with Crippen LogP contribution in [0.25, 0.3) is 0 Å². The Labute approximate surface area is 179 Å². The number of aliphatic hydroxyl groups is 1. The molecule has 0 spiro atoms. The summed E-state index contributed by atoms with van der Waals surface area (Å²) in [5, 5.41) is 8.97. The Hall–Kier alpha value is -1.76. The zero-order valence-electron chi connectivity index (χ0n) is 18.7. The van der Waals surface area contributed by atoms with Crippen LogP contribution in [0.5, 0.6) is 0 Å². The molecule has 3 unspecified atom stereocenters. The molecule has 30 heavy (non-hydrogen) atoms. The number of Topliss-reactive ketones (excluding diaryl/α,β-unsaturated/α-hetero) is 1. The van der Waals surface area contributed by atoms with E-state index in [2.05, 4.69) is 19.1 Å². The molecule has 6 heteroatoms. The van der Waals surface area contributed by atoms with Gasteiger partial charge in [-0.3, -0.25) is 9.59 Å². The van der Waals surface area contributed by atoms with Crippen molar-refractivity contribution in [2.45, 2.75) is 59.0 Å². The van der Waals surface area contributed by atoms with E-state index in [9.17, 15) is 9.59 Å². The van der Waals surface area contributed by atoms with E-state index in [1.165, 1.54) is 5.56 Å². The molecule has 0 radical (unpaired) electrons. The molecule has 1 aromatic rings. The van der Waals surface area contributed by atoms with E-state index in [4.69, 9.17) is 19.3 Å². The third-order valence-electron chi connectivity index (χ3n) is 5.79. The normalized spacial score (nSPS) is 19.0. The molecule has 1 N–H and O–H groups in total. The molecule has 0 saturated carbocycles. The standard InChI is InChI=1S/C24H36O6/c1-5-18(19-9-7-6-8-10-19)13-24(4,21(26)16-28-12-11-25)17-23(2,3)22(27)30-15-20-14-29-20/h6-10,18,20,25H,5,11-17H2,1-4H3. The van der Waals surface area contributed by atoms with Crippen molar-refractivity contribution in [3.63, 3.8) is 0 Å². The molecule has 0 aliphatic carbocycles. The van der Waals surface area contributed by atoms with Crippen LogP contribution in [0.3, 0.4) is 0 Å². The van der Waals surface area contributed by atoms with Crippen LogP contribution in [0, 0.1) is 10.8 Å². The van der Waals surface area contributed by atoms with E-state index in [1.54, 1.807) is 0 Å². The van der Waals surface area contributed by atoms with Gasteiger partial charge in [0.25, 0.3) is 0 Å². The molecule has 0 bridgehead atoms. The highest BCUT2D eigenvalue weighted by Crippen LogP contribution is 2.43. The van der Waals surface area contributed by atoms with Crippen molar-refractivity contribution in [2.75, 3.05) is 33.0 Å². The largest absolute Gasteiger partial charge is 0.462 e. The van der Waals surface area contributed by atoms with Crippen LogP contribution in [0.1, 0.15) is 58.4 Å². The summed E-state index contributed by atoms with van der Waals surface area (Å²) >= 11 is 0. The number of ether oxygens (including phenoxy) is 3. The molecule has 1 aliphatic heterocycles. The Kier molecular flexibility index (Phi) is 9.01. The second kappa shape index (κ2) is 11.0. The zero-order chi connectivity index (χ0) is 22.2. The molecule has 3 atom stereocenters. The minimum atomic E-state index is -0.828. The number of esters is 1. The maximum atomic E-state index is 13.2. The van der Waals surface area contributed by atoms with Crippen LogP contribution >= 0.6 is 0 Å². The van der Waals surface area contributed by atoms with Gasteiger partial charge in [-0.1, -0.05) is 44.2 Å². The summed E-state index contributed by atoms with van der Waals surface area (Å²) in [6.07, 6.45) is 1.85. The quantitative estimate of drug-likeness (QED) is 0.282. The van der Waals surface area contributed by atoms with E-state index < -0.39 is 10.8 Å². The van der Waals surface area contributed by atoms with Crippen molar-refractivity contribution in [3.8, 4) is 0 Å². The molecule has 0 amide bonds. The molecule has 1 saturated heterocycles. The number of hydrogen-bond acceptors (Lipinski definition) is 6. The Morgan fingerprint density at radius 2 is 1.90 bits per heavy atom. The van der Waals surface area contributed by atoms with E-state index in [1.807, 2.05) is 39.0 Å². The Morgan fingerprint density at radius 1 is 1.23 bits per heavy atom. The second-order valence-corrected chi connectivity index (χ2v) is 9.09. The molecular weight excluding hydrogens is 384 g/mol. The third-order valence-corrected chi connectivity index (χ3v) is 5.79. The maximum Gasteiger partial charge on any atom is 0.311 e. The Morgan fingerprint density at radius 3 is 2.47 bits per heavy atom. The molecule has 1 heterocycles. The van der Waals surface area contributed by atoms with Crippen molar-refractivity contribution < 1.29 is 28.9 Å². The number of rotatable bonds is 14. The topological polar surface area (TPSA) is 85.4 Å². The van der Waals surface area contributed by atoms with Crippen molar-refractivity contribution >= 4 is 11.8 Å². The molecule has 2 rings (SSSR count). The van der Waals surface area contributed by atoms with Gasteiger partial charge in [0.05, 0.1) is 25.2 Å². The fourth-order valence-electron chi connectivity index (χ4n) is 4.03. The van der Waals surface area contributed by atoms with Crippen LogP contribution in [0.2, 0.25) is 0 Å². The van der Waals surface area contributed by atoms with Crippen LogP contribution in [0.4, 0.5) is 0 Å². The average Bonchev–Trinajstić information content (AvgIpc) is 3.55. The summed E-state index contributed by atoms with van der Waals surface area (Å²) in [5.41, 5.74) is -0.419. The number of epoxide rings is 1. The first-order valence-corrected chi connectivity index (χ1v) is 10.8. The summed E-state index contributed by atoms with van der Waals surface area (Å²) in [4.78, 5) is 25.9. The summed E-state index contributed by atoms with van der Waals surface area (Å²) < 4.78 is 15.9. The third kappa shape index (κ3) is 7.18. The first-order chi connectivity index (χ1) is 14.2. The number of benzene rings is 1. The van der Waals surface area contributed by atoms with Crippen LogP contribution in [-0.4, -0.2) is 56.0 Å². The smallest absolute Gasteiger partial charge is 0.311 e.